The van der Waals surface area contributed by atoms with Crippen LogP contribution in [0.15, 0.2) is 4.99 Å². The zero-order chi connectivity index (χ0) is 8.85. The first-order chi connectivity index (χ1) is 5.13. The fourth-order valence-corrected chi connectivity index (χ4v) is 1.03. The van der Waals surface area contributed by atoms with Crippen molar-refractivity contribution in [1.82, 2.24) is 9.80 Å². The lowest BCUT2D eigenvalue weighted by Crippen LogP contribution is -2.38. The van der Waals surface area contributed by atoms with Crippen molar-refractivity contribution in [2.45, 2.75) is 0 Å². The minimum atomic E-state index is 0.425. The molecule has 0 bridgehead atoms. The van der Waals surface area contributed by atoms with Crippen LogP contribution in [0.1, 0.15) is 0 Å². The summed E-state index contributed by atoms with van der Waals surface area (Å²) in [6, 6.07) is 0. The second-order valence-corrected chi connectivity index (χ2v) is 2.63. The second-order valence-electron chi connectivity index (χ2n) is 2.37. The molecule has 5 heteroatoms. The molecule has 0 aliphatic carbocycles. The number of hydrogen-bond donors (Lipinski definition) is 0. The molecule has 0 aromatic heterocycles. The molecule has 4 nitrogen and oxygen atoms in total. The molecule has 0 unspecified atom stereocenters. The molecule has 0 aromatic rings. The van der Waals surface area contributed by atoms with Crippen molar-refractivity contribution in [3.63, 3.8) is 0 Å². The van der Waals surface area contributed by atoms with E-state index in [0.29, 0.717) is 6.73 Å². The fourth-order valence-electron chi connectivity index (χ4n) is 0.856. The van der Waals surface area contributed by atoms with Crippen LogP contribution in [0.5, 0.6) is 0 Å². The summed E-state index contributed by atoms with van der Waals surface area (Å²) in [5.74, 6) is 0.860. The van der Waals surface area contributed by atoms with Gasteiger partial charge in [0, 0.05) is 28.2 Å². The van der Waals surface area contributed by atoms with Gasteiger partial charge < -0.3 is 14.3 Å². The Hall–Kier alpha value is -0.340. The van der Waals surface area contributed by atoms with E-state index in [1.165, 1.54) is 0 Å². The molecular weight excluding hydrogens is 161 g/mol. The topological polar surface area (TPSA) is 28.1 Å². The summed E-state index contributed by atoms with van der Waals surface area (Å²) in [6.07, 6.45) is 0. The maximum atomic E-state index is 4.65. The number of aliphatic imine (C=N–C) groups is 1. The van der Waals surface area contributed by atoms with Gasteiger partial charge in [0.15, 0.2) is 5.96 Å². The van der Waals surface area contributed by atoms with Crippen molar-refractivity contribution in [1.29, 1.82) is 0 Å². The molecule has 0 aliphatic heterocycles. The third kappa shape index (κ3) is 3.54. The van der Waals surface area contributed by atoms with Crippen molar-refractivity contribution in [2.75, 3.05) is 34.9 Å². The predicted molar refractivity (Wildman–Crippen MR) is 47.7 cm³/mol. The maximum absolute atomic E-state index is 4.65. The van der Waals surface area contributed by atoms with Crippen LogP contribution >= 0.6 is 9.47 Å². The van der Waals surface area contributed by atoms with Gasteiger partial charge >= 0.3 is 0 Å². The normalized spacial score (nSPS) is 11.5. The van der Waals surface area contributed by atoms with Crippen LogP contribution in [0.3, 0.4) is 0 Å². The van der Waals surface area contributed by atoms with Crippen LogP contribution in [0, 0.1) is 0 Å². The van der Waals surface area contributed by atoms with Gasteiger partial charge in [-0.3, -0.25) is 4.99 Å². The molecule has 0 saturated carbocycles. The monoisotopic (exact) mass is 175 g/mol. The zero-order valence-corrected chi connectivity index (χ0v) is 8.30. The molecule has 0 spiro atoms. The zero-order valence-electron chi connectivity index (χ0n) is 7.40. The quantitative estimate of drug-likeness (QED) is 0.268. The van der Waals surface area contributed by atoms with Crippen LogP contribution in [-0.4, -0.2) is 50.7 Å². The Morgan fingerprint density at radius 1 is 1.45 bits per heavy atom. The van der Waals surface area contributed by atoms with Crippen LogP contribution in [-0.2, 0) is 4.52 Å². The summed E-state index contributed by atoms with van der Waals surface area (Å²) in [4.78, 5) is 7.82. The highest BCUT2D eigenvalue weighted by Gasteiger charge is 2.05. The summed E-state index contributed by atoms with van der Waals surface area (Å²) in [7, 11) is 11.1. The average Bonchev–Trinajstić information content (AvgIpc) is 1.88. The molecule has 0 aromatic carbocycles. The Morgan fingerprint density at radius 2 is 2.00 bits per heavy atom. The van der Waals surface area contributed by atoms with E-state index in [0.717, 1.165) is 5.96 Å². The lowest BCUT2D eigenvalue weighted by molar-refractivity contribution is 0.231. The standard InChI is InChI=1S/C6H14N3OP/c1-7-6(8(2)3)9(4)5-10-11/h5H2,1-4H3. The highest BCUT2D eigenvalue weighted by atomic mass is 31.0. The van der Waals surface area contributed by atoms with Gasteiger partial charge in [-0.2, -0.15) is 0 Å². The molecule has 0 rings (SSSR count). The first-order valence-corrected chi connectivity index (χ1v) is 3.61. The van der Waals surface area contributed by atoms with Gasteiger partial charge in [0.1, 0.15) is 16.2 Å². The Bertz CT molecular complexity index is 138. The highest BCUT2D eigenvalue weighted by molar-refractivity contribution is 7.09. The summed E-state index contributed by atoms with van der Waals surface area (Å²) in [5.41, 5.74) is 0. The van der Waals surface area contributed by atoms with Crippen LogP contribution < -0.4 is 0 Å². The molecule has 0 N–H and O–H groups in total. The Labute approximate surface area is 70.5 Å². The third-order valence-electron chi connectivity index (χ3n) is 1.19. The largest absolute Gasteiger partial charge is 0.349 e. The lowest BCUT2D eigenvalue weighted by atomic mass is 10.7. The van der Waals surface area contributed by atoms with E-state index in [1.54, 1.807) is 7.05 Å². The second kappa shape index (κ2) is 5.33. The summed E-state index contributed by atoms with van der Waals surface area (Å²) in [5, 5.41) is 0. The van der Waals surface area contributed by atoms with Gasteiger partial charge in [0.25, 0.3) is 0 Å². The van der Waals surface area contributed by atoms with E-state index in [4.69, 9.17) is 0 Å². The van der Waals surface area contributed by atoms with Crippen molar-refractivity contribution in [2.24, 2.45) is 4.99 Å². The van der Waals surface area contributed by atoms with Crippen LogP contribution in [0.2, 0.25) is 0 Å². The highest BCUT2D eigenvalue weighted by Crippen LogP contribution is 1.94. The van der Waals surface area contributed by atoms with Gasteiger partial charge in [-0.05, 0) is 0 Å². The van der Waals surface area contributed by atoms with Crippen molar-refractivity contribution in [3.05, 3.63) is 0 Å². The molecule has 0 fully saturated rings. The van der Waals surface area contributed by atoms with Crippen molar-refractivity contribution >= 4 is 15.4 Å². The minimum absolute atomic E-state index is 0.425. The van der Waals surface area contributed by atoms with E-state index in [-0.39, 0.29) is 0 Å². The minimum Gasteiger partial charge on any atom is -0.349 e. The maximum Gasteiger partial charge on any atom is 0.197 e. The van der Waals surface area contributed by atoms with Gasteiger partial charge in [0.05, 0.1) is 0 Å². The fraction of sp³-hybridized carbons (Fsp3) is 0.833. The Morgan fingerprint density at radius 3 is 2.27 bits per heavy atom. The predicted octanol–water partition coefficient (Wildman–Crippen LogP) is 0.765. The molecule has 64 valence electrons. The van der Waals surface area contributed by atoms with Crippen molar-refractivity contribution < 1.29 is 4.52 Å². The first-order valence-electron chi connectivity index (χ1n) is 3.25. The molecule has 0 aliphatic rings. The van der Waals surface area contributed by atoms with Gasteiger partial charge in [-0.25, -0.2) is 0 Å². The summed E-state index contributed by atoms with van der Waals surface area (Å²) in [6.45, 7) is 0.425. The molecule has 0 saturated heterocycles. The van der Waals surface area contributed by atoms with Crippen LogP contribution in [0.25, 0.3) is 0 Å². The van der Waals surface area contributed by atoms with E-state index in [2.05, 4.69) is 19.0 Å². The van der Waals surface area contributed by atoms with E-state index >= 15 is 0 Å². The number of rotatable bonds is 2. The van der Waals surface area contributed by atoms with Gasteiger partial charge in [-0.1, -0.05) is 0 Å². The van der Waals surface area contributed by atoms with Gasteiger partial charge in [0.2, 0.25) is 0 Å². The molecule has 11 heavy (non-hydrogen) atoms. The van der Waals surface area contributed by atoms with E-state index in [1.807, 2.05) is 30.9 Å². The lowest BCUT2D eigenvalue weighted by Gasteiger charge is -2.24. The average molecular weight is 175 g/mol. The number of hydrogen-bond acceptors (Lipinski definition) is 2. The van der Waals surface area contributed by atoms with E-state index < -0.39 is 0 Å². The third-order valence-corrected chi connectivity index (χ3v) is 1.31. The Kier molecular flexibility index (Phi) is 5.16. The molecular formula is C6H14N3OP. The molecule has 2 radical (unpaired) electrons. The molecule has 0 atom stereocenters. The first kappa shape index (κ1) is 10.7. The van der Waals surface area contributed by atoms with E-state index in [9.17, 15) is 0 Å². The summed E-state index contributed by atoms with van der Waals surface area (Å²) >= 11 is 0. The molecule has 0 amide bonds. The summed E-state index contributed by atoms with van der Waals surface area (Å²) < 4.78 is 4.65. The van der Waals surface area contributed by atoms with Gasteiger partial charge in [-0.15, -0.1) is 0 Å². The van der Waals surface area contributed by atoms with Crippen molar-refractivity contribution in [3.8, 4) is 0 Å². The Balaban J connectivity index is 4.04. The number of nitrogens with zero attached hydrogens (tertiary/aromatic N) is 3. The number of guanidine groups is 1. The SMILES string of the molecule is CN=C(N(C)C)N(C)CO[P]. The smallest absolute Gasteiger partial charge is 0.197 e. The molecule has 0 heterocycles. The van der Waals surface area contributed by atoms with Crippen LogP contribution in [0.4, 0.5) is 0 Å².